The van der Waals surface area contributed by atoms with E-state index in [4.69, 9.17) is 23.2 Å². The minimum atomic E-state index is -0.708. The predicted octanol–water partition coefficient (Wildman–Crippen LogP) is 4.38. The van der Waals surface area contributed by atoms with E-state index in [1.807, 2.05) is 12.1 Å². The number of nitrogens with one attached hydrogen (secondary N) is 2. The van der Waals surface area contributed by atoms with Crippen molar-refractivity contribution in [3.8, 4) is 11.1 Å². The third-order valence-electron chi connectivity index (χ3n) is 4.28. The average molecular weight is 401 g/mol. The standard InChI is InChI=1S/C19H14Cl2N4O2/c20-12-4-6-14(7-5-12)23-17(26)9-16-19(27)24-18-15(10-22-25(16)18)11-2-1-3-13(21)8-11/h1-8,10,16H,9H2,(H,23,26)(H,24,27). The van der Waals surface area contributed by atoms with Crippen molar-refractivity contribution in [2.45, 2.75) is 12.5 Å². The van der Waals surface area contributed by atoms with Crippen molar-refractivity contribution >= 4 is 46.5 Å². The van der Waals surface area contributed by atoms with Crippen LogP contribution in [0.1, 0.15) is 12.5 Å². The van der Waals surface area contributed by atoms with Crippen LogP contribution in [-0.2, 0) is 9.59 Å². The molecule has 1 aliphatic heterocycles. The molecule has 2 N–H and O–H groups in total. The second-order valence-corrected chi connectivity index (χ2v) is 7.00. The monoisotopic (exact) mass is 400 g/mol. The summed E-state index contributed by atoms with van der Waals surface area (Å²) in [4.78, 5) is 24.7. The van der Waals surface area contributed by atoms with Gasteiger partial charge in [0.1, 0.15) is 11.9 Å². The number of carbonyl (C=O) groups excluding carboxylic acids is 2. The van der Waals surface area contributed by atoms with E-state index in [1.165, 1.54) is 0 Å². The van der Waals surface area contributed by atoms with Gasteiger partial charge in [-0.2, -0.15) is 5.10 Å². The molecule has 0 bridgehead atoms. The highest BCUT2D eigenvalue weighted by atomic mass is 35.5. The van der Waals surface area contributed by atoms with Crippen molar-refractivity contribution in [1.82, 2.24) is 9.78 Å². The number of rotatable bonds is 4. The van der Waals surface area contributed by atoms with Crippen molar-refractivity contribution in [3.05, 3.63) is 64.8 Å². The molecule has 0 spiro atoms. The van der Waals surface area contributed by atoms with Crippen molar-refractivity contribution < 1.29 is 9.59 Å². The largest absolute Gasteiger partial charge is 0.326 e. The fourth-order valence-electron chi connectivity index (χ4n) is 3.00. The Labute approximate surface area is 165 Å². The van der Waals surface area contributed by atoms with Gasteiger partial charge in [0.2, 0.25) is 5.91 Å². The van der Waals surface area contributed by atoms with Gasteiger partial charge in [-0.25, -0.2) is 4.68 Å². The van der Waals surface area contributed by atoms with Gasteiger partial charge in [-0.1, -0.05) is 35.3 Å². The SMILES string of the molecule is O=C(CC1C(=O)Nc2c(-c3cccc(Cl)c3)cnn21)Nc1ccc(Cl)cc1. The Kier molecular flexibility index (Phi) is 4.59. The molecule has 4 rings (SSSR count). The van der Waals surface area contributed by atoms with Gasteiger partial charge in [0.15, 0.2) is 0 Å². The fourth-order valence-corrected chi connectivity index (χ4v) is 3.32. The van der Waals surface area contributed by atoms with Gasteiger partial charge in [-0.05, 0) is 42.0 Å². The first-order valence-electron chi connectivity index (χ1n) is 8.21. The van der Waals surface area contributed by atoms with Crippen LogP contribution in [-0.4, -0.2) is 21.6 Å². The number of hydrogen-bond acceptors (Lipinski definition) is 3. The van der Waals surface area contributed by atoms with Crippen LogP contribution in [0.2, 0.25) is 10.0 Å². The predicted molar refractivity (Wildman–Crippen MR) is 105 cm³/mol. The Morgan fingerprint density at radius 2 is 1.93 bits per heavy atom. The highest BCUT2D eigenvalue weighted by molar-refractivity contribution is 6.31. The van der Waals surface area contributed by atoms with Gasteiger partial charge in [0.25, 0.3) is 5.91 Å². The summed E-state index contributed by atoms with van der Waals surface area (Å²) in [6.07, 6.45) is 1.63. The quantitative estimate of drug-likeness (QED) is 0.681. The average Bonchev–Trinajstić information content (AvgIpc) is 3.17. The van der Waals surface area contributed by atoms with Gasteiger partial charge in [-0.3, -0.25) is 9.59 Å². The molecule has 3 aromatic rings. The molecule has 0 radical (unpaired) electrons. The lowest BCUT2D eigenvalue weighted by Gasteiger charge is -2.10. The molecule has 8 heteroatoms. The number of hydrogen-bond donors (Lipinski definition) is 2. The molecule has 2 heterocycles. The molecule has 0 saturated carbocycles. The Hall–Kier alpha value is -2.83. The van der Waals surface area contributed by atoms with Crippen LogP contribution in [0.15, 0.2) is 54.7 Å². The minimum Gasteiger partial charge on any atom is -0.326 e. The molecule has 2 amide bonds. The lowest BCUT2D eigenvalue weighted by Crippen LogP contribution is -2.23. The van der Waals surface area contributed by atoms with Crippen LogP contribution >= 0.6 is 23.2 Å². The summed E-state index contributed by atoms with van der Waals surface area (Å²) in [7, 11) is 0. The van der Waals surface area contributed by atoms with E-state index in [0.717, 1.165) is 11.1 Å². The summed E-state index contributed by atoms with van der Waals surface area (Å²) in [6, 6.07) is 13.3. The Morgan fingerprint density at radius 1 is 1.15 bits per heavy atom. The van der Waals surface area contributed by atoms with E-state index in [0.29, 0.717) is 21.6 Å². The molecule has 0 saturated heterocycles. The number of benzene rings is 2. The second kappa shape index (κ2) is 7.06. The molecule has 1 aliphatic rings. The summed E-state index contributed by atoms with van der Waals surface area (Å²) in [5.41, 5.74) is 2.21. The minimum absolute atomic E-state index is 0.0296. The van der Waals surface area contributed by atoms with Crippen LogP contribution < -0.4 is 10.6 Å². The number of anilines is 2. The first-order valence-corrected chi connectivity index (χ1v) is 8.96. The zero-order chi connectivity index (χ0) is 19.0. The molecular weight excluding hydrogens is 387 g/mol. The summed E-state index contributed by atoms with van der Waals surface area (Å²) in [5, 5.41) is 11.0. The summed E-state index contributed by atoms with van der Waals surface area (Å²) >= 11 is 11.9. The maximum atomic E-state index is 12.4. The Bertz CT molecular complexity index is 1030. The lowest BCUT2D eigenvalue weighted by atomic mass is 10.1. The molecule has 27 heavy (non-hydrogen) atoms. The third-order valence-corrected chi connectivity index (χ3v) is 4.76. The number of fused-ring (bicyclic) bond motifs is 1. The van der Waals surface area contributed by atoms with E-state index in [9.17, 15) is 9.59 Å². The van der Waals surface area contributed by atoms with E-state index in [2.05, 4.69) is 15.7 Å². The second-order valence-electron chi connectivity index (χ2n) is 6.13. The van der Waals surface area contributed by atoms with Gasteiger partial charge >= 0.3 is 0 Å². The third kappa shape index (κ3) is 3.54. The molecular formula is C19H14Cl2N4O2. The normalized spacial score (nSPS) is 15.3. The smallest absolute Gasteiger partial charge is 0.251 e. The maximum Gasteiger partial charge on any atom is 0.251 e. The molecule has 1 unspecified atom stereocenters. The highest BCUT2D eigenvalue weighted by Crippen LogP contribution is 2.36. The maximum absolute atomic E-state index is 12.4. The number of aromatic nitrogens is 2. The molecule has 6 nitrogen and oxygen atoms in total. The van der Waals surface area contributed by atoms with E-state index in [-0.39, 0.29) is 18.2 Å². The Balaban J connectivity index is 1.54. The first kappa shape index (κ1) is 17.6. The van der Waals surface area contributed by atoms with E-state index in [1.54, 1.807) is 47.3 Å². The van der Waals surface area contributed by atoms with Crippen molar-refractivity contribution in [1.29, 1.82) is 0 Å². The van der Waals surface area contributed by atoms with Crippen LogP contribution in [0.4, 0.5) is 11.5 Å². The van der Waals surface area contributed by atoms with Gasteiger partial charge in [-0.15, -0.1) is 0 Å². The zero-order valence-corrected chi connectivity index (χ0v) is 15.5. The molecule has 1 atom stereocenters. The van der Waals surface area contributed by atoms with E-state index < -0.39 is 6.04 Å². The summed E-state index contributed by atoms with van der Waals surface area (Å²) < 4.78 is 1.54. The van der Waals surface area contributed by atoms with E-state index >= 15 is 0 Å². The first-order chi connectivity index (χ1) is 13.0. The van der Waals surface area contributed by atoms with Crippen molar-refractivity contribution in [2.75, 3.05) is 10.6 Å². The van der Waals surface area contributed by atoms with Gasteiger partial charge < -0.3 is 10.6 Å². The molecule has 136 valence electrons. The lowest BCUT2D eigenvalue weighted by molar-refractivity contribution is -0.123. The Morgan fingerprint density at radius 3 is 2.67 bits per heavy atom. The highest BCUT2D eigenvalue weighted by Gasteiger charge is 2.35. The van der Waals surface area contributed by atoms with Crippen LogP contribution in [0.5, 0.6) is 0 Å². The topological polar surface area (TPSA) is 76.0 Å². The molecule has 0 aliphatic carbocycles. The van der Waals surface area contributed by atoms with Gasteiger partial charge in [0, 0.05) is 21.3 Å². The summed E-state index contributed by atoms with van der Waals surface area (Å²) in [5.74, 6) is 0.00400. The fraction of sp³-hybridized carbons (Fsp3) is 0.105. The van der Waals surface area contributed by atoms with Gasteiger partial charge in [0.05, 0.1) is 12.6 Å². The van der Waals surface area contributed by atoms with Crippen LogP contribution in [0, 0.1) is 0 Å². The summed E-state index contributed by atoms with van der Waals surface area (Å²) in [6.45, 7) is 0. The number of nitrogens with zero attached hydrogens (tertiary/aromatic N) is 2. The number of halogens is 2. The van der Waals surface area contributed by atoms with Crippen molar-refractivity contribution in [2.24, 2.45) is 0 Å². The van der Waals surface area contributed by atoms with Crippen LogP contribution in [0.25, 0.3) is 11.1 Å². The number of amides is 2. The van der Waals surface area contributed by atoms with Crippen LogP contribution in [0.3, 0.4) is 0 Å². The molecule has 2 aromatic carbocycles. The number of carbonyl (C=O) groups is 2. The molecule has 1 aromatic heterocycles. The zero-order valence-electron chi connectivity index (χ0n) is 13.9. The molecule has 0 fully saturated rings. The van der Waals surface area contributed by atoms with Crippen molar-refractivity contribution in [3.63, 3.8) is 0 Å².